The zero-order chi connectivity index (χ0) is 10.4. The summed E-state index contributed by atoms with van der Waals surface area (Å²) in [6.07, 6.45) is 10.7. The highest BCUT2D eigenvalue weighted by Crippen LogP contribution is 2.22. The Balaban J connectivity index is 2.60. The molecule has 1 rings (SSSR count). The fourth-order valence-corrected chi connectivity index (χ4v) is 2.45. The number of nitrogens with one attached hydrogen (secondary N) is 1. The first-order chi connectivity index (χ1) is 6.75. The molecule has 14 heavy (non-hydrogen) atoms. The van der Waals surface area contributed by atoms with Crippen molar-refractivity contribution in [1.29, 1.82) is 0 Å². The quantitative estimate of drug-likeness (QED) is 0.680. The highest BCUT2D eigenvalue weighted by Gasteiger charge is 2.16. The maximum absolute atomic E-state index is 3.45. The van der Waals surface area contributed by atoms with E-state index >= 15 is 0 Å². The molecule has 1 unspecified atom stereocenters. The van der Waals surface area contributed by atoms with Gasteiger partial charge in [-0.2, -0.15) is 0 Å². The van der Waals surface area contributed by atoms with E-state index in [2.05, 4.69) is 32.3 Å². The maximum Gasteiger partial charge on any atom is 0.0299 e. The zero-order valence-corrected chi connectivity index (χ0v) is 9.97. The van der Waals surface area contributed by atoms with Gasteiger partial charge in [0, 0.05) is 6.04 Å². The van der Waals surface area contributed by atoms with Crippen molar-refractivity contribution in [2.45, 2.75) is 58.4 Å². The van der Waals surface area contributed by atoms with Gasteiger partial charge in [-0.3, -0.25) is 0 Å². The summed E-state index contributed by atoms with van der Waals surface area (Å²) in [7, 11) is 2.09. The predicted octanol–water partition coefficient (Wildman–Crippen LogP) is 3.51. The van der Waals surface area contributed by atoms with Gasteiger partial charge < -0.3 is 5.32 Å². The lowest BCUT2D eigenvalue weighted by molar-refractivity contribution is 0.455. The Morgan fingerprint density at radius 2 is 1.86 bits per heavy atom. The van der Waals surface area contributed by atoms with Gasteiger partial charge in [0.2, 0.25) is 0 Å². The maximum atomic E-state index is 3.45. The van der Waals surface area contributed by atoms with E-state index in [4.69, 9.17) is 0 Å². The SMILES string of the molecule is CNC(C1=CCCCCCC1)C(C)C. The van der Waals surface area contributed by atoms with Gasteiger partial charge in [0.15, 0.2) is 0 Å². The topological polar surface area (TPSA) is 12.0 Å². The molecule has 0 heterocycles. The molecule has 1 N–H and O–H groups in total. The van der Waals surface area contributed by atoms with E-state index in [1.807, 2.05) is 0 Å². The van der Waals surface area contributed by atoms with Crippen LogP contribution in [0.15, 0.2) is 11.6 Å². The van der Waals surface area contributed by atoms with Crippen LogP contribution in [-0.2, 0) is 0 Å². The Morgan fingerprint density at radius 3 is 2.50 bits per heavy atom. The smallest absolute Gasteiger partial charge is 0.0299 e. The van der Waals surface area contributed by atoms with E-state index < -0.39 is 0 Å². The molecule has 1 nitrogen and oxygen atoms in total. The van der Waals surface area contributed by atoms with Gasteiger partial charge in [0.05, 0.1) is 0 Å². The van der Waals surface area contributed by atoms with Crippen molar-refractivity contribution < 1.29 is 0 Å². The molecule has 0 amide bonds. The summed E-state index contributed by atoms with van der Waals surface area (Å²) < 4.78 is 0. The second kappa shape index (κ2) is 6.23. The van der Waals surface area contributed by atoms with Gasteiger partial charge in [0.25, 0.3) is 0 Å². The molecule has 0 saturated heterocycles. The van der Waals surface area contributed by atoms with Crippen molar-refractivity contribution >= 4 is 0 Å². The van der Waals surface area contributed by atoms with Crippen LogP contribution in [0.25, 0.3) is 0 Å². The minimum atomic E-state index is 0.605. The summed E-state index contributed by atoms with van der Waals surface area (Å²) in [6, 6.07) is 0.605. The van der Waals surface area contributed by atoms with Crippen LogP contribution in [0.3, 0.4) is 0 Å². The molecule has 1 heteroatoms. The average Bonchev–Trinajstić information content (AvgIpc) is 2.08. The highest BCUT2D eigenvalue weighted by molar-refractivity contribution is 5.12. The molecule has 0 aromatic heterocycles. The lowest BCUT2D eigenvalue weighted by Crippen LogP contribution is -2.32. The Kier molecular flexibility index (Phi) is 5.24. The van der Waals surface area contributed by atoms with Crippen LogP contribution in [0, 0.1) is 5.92 Å². The molecular formula is C13H25N. The molecule has 0 aliphatic heterocycles. The average molecular weight is 195 g/mol. The van der Waals surface area contributed by atoms with Crippen LogP contribution in [0.1, 0.15) is 52.4 Å². The highest BCUT2D eigenvalue weighted by atomic mass is 14.9. The lowest BCUT2D eigenvalue weighted by atomic mass is 9.89. The zero-order valence-electron chi connectivity index (χ0n) is 9.97. The molecular weight excluding hydrogens is 170 g/mol. The summed E-state index contributed by atoms with van der Waals surface area (Å²) in [4.78, 5) is 0. The number of likely N-dealkylation sites (N-methyl/N-ethyl adjacent to an activating group) is 1. The Bertz CT molecular complexity index is 182. The minimum Gasteiger partial charge on any atom is -0.313 e. The molecule has 0 saturated carbocycles. The van der Waals surface area contributed by atoms with Gasteiger partial charge >= 0.3 is 0 Å². The van der Waals surface area contributed by atoms with Crippen LogP contribution in [0.4, 0.5) is 0 Å². The monoisotopic (exact) mass is 195 g/mol. The molecule has 0 fully saturated rings. The summed E-state index contributed by atoms with van der Waals surface area (Å²) in [5.41, 5.74) is 1.65. The second-order valence-electron chi connectivity index (χ2n) is 4.74. The van der Waals surface area contributed by atoms with Crippen molar-refractivity contribution in [2.24, 2.45) is 5.92 Å². The molecule has 0 aromatic rings. The van der Waals surface area contributed by atoms with Crippen LogP contribution < -0.4 is 5.32 Å². The van der Waals surface area contributed by atoms with Crippen LogP contribution in [0.2, 0.25) is 0 Å². The molecule has 0 aromatic carbocycles. The normalized spacial score (nSPS) is 21.3. The number of hydrogen-bond acceptors (Lipinski definition) is 1. The summed E-state index contributed by atoms with van der Waals surface area (Å²) >= 11 is 0. The van der Waals surface area contributed by atoms with Gasteiger partial charge in [-0.15, -0.1) is 0 Å². The Labute approximate surface area is 89.0 Å². The third-order valence-corrected chi connectivity index (χ3v) is 3.20. The number of rotatable bonds is 3. The Morgan fingerprint density at radius 1 is 1.14 bits per heavy atom. The van der Waals surface area contributed by atoms with Crippen LogP contribution in [0.5, 0.6) is 0 Å². The van der Waals surface area contributed by atoms with E-state index in [0.717, 1.165) is 0 Å². The second-order valence-corrected chi connectivity index (χ2v) is 4.74. The van der Waals surface area contributed by atoms with E-state index in [1.165, 1.54) is 38.5 Å². The third-order valence-electron chi connectivity index (χ3n) is 3.20. The minimum absolute atomic E-state index is 0.605. The van der Waals surface area contributed by atoms with E-state index in [1.54, 1.807) is 5.57 Å². The molecule has 0 radical (unpaired) electrons. The fraction of sp³-hybridized carbons (Fsp3) is 0.846. The first-order valence-electron chi connectivity index (χ1n) is 6.12. The third kappa shape index (κ3) is 3.45. The molecule has 0 bridgehead atoms. The van der Waals surface area contributed by atoms with Crippen LogP contribution >= 0.6 is 0 Å². The predicted molar refractivity (Wildman–Crippen MR) is 63.5 cm³/mol. The Hall–Kier alpha value is -0.300. The van der Waals surface area contributed by atoms with Gasteiger partial charge in [-0.25, -0.2) is 0 Å². The molecule has 1 aliphatic carbocycles. The van der Waals surface area contributed by atoms with Gasteiger partial charge in [-0.05, 0) is 38.6 Å². The number of hydrogen-bond donors (Lipinski definition) is 1. The van der Waals surface area contributed by atoms with Crippen LogP contribution in [-0.4, -0.2) is 13.1 Å². The van der Waals surface area contributed by atoms with Crippen molar-refractivity contribution in [2.75, 3.05) is 7.05 Å². The van der Waals surface area contributed by atoms with Gasteiger partial charge in [0.1, 0.15) is 0 Å². The number of allylic oxidation sites excluding steroid dienone is 1. The lowest BCUT2D eigenvalue weighted by Gasteiger charge is -2.25. The molecule has 82 valence electrons. The first kappa shape index (κ1) is 11.8. The largest absolute Gasteiger partial charge is 0.313 e. The summed E-state index contributed by atoms with van der Waals surface area (Å²) in [5, 5.41) is 3.45. The fourth-order valence-electron chi connectivity index (χ4n) is 2.45. The van der Waals surface area contributed by atoms with E-state index in [0.29, 0.717) is 12.0 Å². The van der Waals surface area contributed by atoms with Crippen molar-refractivity contribution in [1.82, 2.24) is 5.32 Å². The van der Waals surface area contributed by atoms with E-state index in [-0.39, 0.29) is 0 Å². The summed E-state index contributed by atoms with van der Waals surface area (Å²) in [5.74, 6) is 0.714. The standard InChI is InChI=1S/C13H25N/c1-11(2)13(14-3)12-9-7-5-4-6-8-10-12/h9,11,13-14H,4-8,10H2,1-3H3. The first-order valence-corrected chi connectivity index (χ1v) is 6.12. The van der Waals surface area contributed by atoms with Crippen molar-refractivity contribution in [3.63, 3.8) is 0 Å². The van der Waals surface area contributed by atoms with Crippen molar-refractivity contribution in [3.8, 4) is 0 Å². The molecule has 1 aliphatic rings. The summed E-state index contributed by atoms with van der Waals surface area (Å²) in [6.45, 7) is 4.61. The molecule has 0 spiro atoms. The van der Waals surface area contributed by atoms with Crippen molar-refractivity contribution in [3.05, 3.63) is 11.6 Å². The molecule has 1 atom stereocenters. The van der Waals surface area contributed by atoms with E-state index in [9.17, 15) is 0 Å². The van der Waals surface area contributed by atoms with Gasteiger partial charge in [-0.1, -0.05) is 38.3 Å².